The van der Waals surface area contributed by atoms with Gasteiger partial charge in [-0.15, -0.1) is 0 Å². The molecule has 0 aromatic heterocycles. The lowest BCUT2D eigenvalue weighted by atomic mass is 9.84. The van der Waals surface area contributed by atoms with Gasteiger partial charge in [-0.1, -0.05) is 19.1 Å². The van der Waals surface area contributed by atoms with Gasteiger partial charge >= 0.3 is 0 Å². The van der Waals surface area contributed by atoms with Crippen LogP contribution in [0.5, 0.6) is 0 Å². The van der Waals surface area contributed by atoms with Gasteiger partial charge in [0, 0.05) is 50.4 Å². The Morgan fingerprint density at radius 1 is 1.39 bits per heavy atom. The number of benzene rings is 1. The molecule has 0 bridgehead atoms. The van der Waals surface area contributed by atoms with Crippen LogP contribution in [-0.4, -0.2) is 56.4 Å². The number of hydrogen-bond donors (Lipinski definition) is 4. The maximum atomic E-state index is 12.3. The fourth-order valence-corrected chi connectivity index (χ4v) is 3.22. The summed E-state index contributed by atoms with van der Waals surface area (Å²) < 4.78 is 5.53. The molecular weight excluding hydrogens is 356 g/mol. The van der Waals surface area contributed by atoms with E-state index in [4.69, 9.17) is 4.74 Å². The number of carbonyl (C=O) groups excluding carboxylic acids is 1. The normalized spacial score (nSPS) is 20.6. The number of nitrogens with zero attached hydrogens (tertiary/aromatic N) is 1. The van der Waals surface area contributed by atoms with Crippen LogP contribution >= 0.6 is 0 Å². The van der Waals surface area contributed by atoms with Gasteiger partial charge in [-0.2, -0.15) is 0 Å². The van der Waals surface area contributed by atoms with Crippen molar-refractivity contribution in [3.8, 4) is 0 Å². The molecule has 0 saturated carbocycles. The second-order valence-electron chi connectivity index (χ2n) is 7.54. The Morgan fingerprint density at radius 3 is 2.86 bits per heavy atom. The third-order valence-corrected chi connectivity index (χ3v) is 5.32. The van der Waals surface area contributed by atoms with Crippen molar-refractivity contribution in [2.45, 2.75) is 45.7 Å². The minimum absolute atomic E-state index is 0.0413. The largest absolute Gasteiger partial charge is 0.396 e. The topological polar surface area (TPSA) is 95.0 Å². The summed E-state index contributed by atoms with van der Waals surface area (Å²) in [6.45, 7) is 6.86. The number of guanidine groups is 1. The Labute approximate surface area is 168 Å². The van der Waals surface area contributed by atoms with Crippen molar-refractivity contribution in [2.75, 3.05) is 33.4 Å². The summed E-state index contributed by atoms with van der Waals surface area (Å²) in [4.78, 5) is 16.6. The maximum absolute atomic E-state index is 12.3. The second kappa shape index (κ2) is 11.0. The number of nitrogens with one attached hydrogen (secondary N) is 3. The van der Waals surface area contributed by atoms with Crippen LogP contribution < -0.4 is 16.0 Å². The number of hydrogen-bond acceptors (Lipinski definition) is 4. The Balaban J connectivity index is 1.89. The van der Waals surface area contributed by atoms with Gasteiger partial charge in [0.05, 0.1) is 6.61 Å². The van der Waals surface area contributed by atoms with E-state index in [0.717, 1.165) is 25.0 Å². The molecule has 7 heteroatoms. The minimum atomic E-state index is -0.0501. The lowest BCUT2D eigenvalue weighted by molar-refractivity contribution is 0.0939. The molecule has 156 valence electrons. The minimum Gasteiger partial charge on any atom is -0.396 e. The van der Waals surface area contributed by atoms with Crippen LogP contribution in [0.25, 0.3) is 0 Å². The quantitative estimate of drug-likeness (QED) is 0.380. The Kier molecular flexibility index (Phi) is 8.73. The molecule has 1 aliphatic heterocycles. The van der Waals surface area contributed by atoms with E-state index >= 15 is 0 Å². The van der Waals surface area contributed by atoms with Gasteiger partial charge in [0.25, 0.3) is 5.91 Å². The van der Waals surface area contributed by atoms with Crippen molar-refractivity contribution in [1.29, 1.82) is 0 Å². The first-order valence-electron chi connectivity index (χ1n) is 10.0. The first kappa shape index (κ1) is 22.2. The van der Waals surface area contributed by atoms with Crippen molar-refractivity contribution in [1.82, 2.24) is 16.0 Å². The highest BCUT2D eigenvalue weighted by molar-refractivity contribution is 5.94. The van der Waals surface area contributed by atoms with Gasteiger partial charge in [0.15, 0.2) is 5.96 Å². The fourth-order valence-electron chi connectivity index (χ4n) is 3.22. The number of rotatable bonds is 9. The van der Waals surface area contributed by atoms with Crippen LogP contribution in [0.3, 0.4) is 0 Å². The molecule has 1 aromatic rings. The summed E-state index contributed by atoms with van der Waals surface area (Å²) in [5.74, 6) is 0.643. The third kappa shape index (κ3) is 6.49. The zero-order valence-electron chi connectivity index (χ0n) is 17.3. The molecule has 7 nitrogen and oxygen atoms in total. The van der Waals surface area contributed by atoms with E-state index in [1.165, 1.54) is 0 Å². The van der Waals surface area contributed by atoms with Gasteiger partial charge in [0.2, 0.25) is 0 Å². The summed E-state index contributed by atoms with van der Waals surface area (Å²) >= 11 is 0. The van der Waals surface area contributed by atoms with E-state index < -0.39 is 0 Å². The molecule has 1 amide bonds. The van der Waals surface area contributed by atoms with Crippen molar-refractivity contribution in [3.05, 3.63) is 35.4 Å². The van der Waals surface area contributed by atoms with Gasteiger partial charge in [-0.25, -0.2) is 0 Å². The van der Waals surface area contributed by atoms with Crippen molar-refractivity contribution >= 4 is 11.9 Å². The van der Waals surface area contributed by atoms with Crippen molar-refractivity contribution in [3.63, 3.8) is 0 Å². The van der Waals surface area contributed by atoms with Crippen LogP contribution in [0.2, 0.25) is 0 Å². The van der Waals surface area contributed by atoms with Crippen LogP contribution in [0.15, 0.2) is 29.3 Å². The fraction of sp³-hybridized carbons (Fsp3) is 0.619. The average molecular weight is 391 g/mol. The van der Waals surface area contributed by atoms with E-state index in [1.807, 2.05) is 38.1 Å². The van der Waals surface area contributed by atoms with E-state index in [-0.39, 0.29) is 24.0 Å². The van der Waals surface area contributed by atoms with E-state index in [2.05, 4.69) is 20.9 Å². The molecule has 2 rings (SSSR count). The molecule has 1 saturated heterocycles. The molecule has 28 heavy (non-hydrogen) atoms. The summed E-state index contributed by atoms with van der Waals surface area (Å²) in [6.07, 6.45) is 2.55. The van der Waals surface area contributed by atoms with Crippen molar-refractivity contribution < 1.29 is 14.6 Å². The Bertz CT molecular complexity index is 657. The number of amides is 1. The number of carbonyl (C=O) groups is 1. The molecule has 2 atom stereocenters. The van der Waals surface area contributed by atoms with Gasteiger partial charge in [-0.3, -0.25) is 9.79 Å². The second-order valence-corrected chi connectivity index (χ2v) is 7.54. The predicted octanol–water partition coefficient (Wildman–Crippen LogP) is 1.67. The molecule has 4 N–H and O–H groups in total. The zero-order chi connectivity index (χ0) is 20.4. The zero-order valence-corrected chi connectivity index (χ0v) is 17.3. The van der Waals surface area contributed by atoms with Crippen LogP contribution in [-0.2, 0) is 11.3 Å². The van der Waals surface area contributed by atoms with Gasteiger partial charge in [-0.05, 0) is 43.9 Å². The molecule has 1 aliphatic rings. The van der Waals surface area contributed by atoms with Crippen LogP contribution in [0, 0.1) is 5.41 Å². The first-order chi connectivity index (χ1) is 13.5. The smallest absolute Gasteiger partial charge is 0.251 e. The lowest BCUT2D eigenvalue weighted by Crippen LogP contribution is -2.44. The van der Waals surface area contributed by atoms with Crippen LogP contribution in [0.4, 0.5) is 0 Å². The summed E-state index contributed by atoms with van der Waals surface area (Å²) in [5, 5.41) is 19.0. The van der Waals surface area contributed by atoms with E-state index in [9.17, 15) is 9.90 Å². The average Bonchev–Trinajstić information content (AvgIpc) is 3.17. The predicted molar refractivity (Wildman–Crippen MR) is 111 cm³/mol. The van der Waals surface area contributed by atoms with E-state index in [1.54, 1.807) is 7.05 Å². The molecule has 0 spiro atoms. The molecule has 1 aromatic carbocycles. The first-order valence-corrected chi connectivity index (χ1v) is 10.0. The lowest BCUT2D eigenvalue weighted by Gasteiger charge is -2.27. The highest BCUT2D eigenvalue weighted by Gasteiger charge is 2.34. The molecule has 1 fully saturated rings. The molecule has 0 aliphatic carbocycles. The monoisotopic (exact) mass is 390 g/mol. The highest BCUT2D eigenvalue weighted by atomic mass is 16.5. The molecule has 2 unspecified atom stereocenters. The van der Waals surface area contributed by atoms with Gasteiger partial charge < -0.3 is 25.8 Å². The Morgan fingerprint density at radius 2 is 2.21 bits per heavy atom. The van der Waals surface area contributed by atoms with E-state index in [0.29, 0.717) is 37.6 Å². The number of ether oxygens (including phenoxy) is 1. The number of aliphatic hydroxyl groups is 1. The summed E-state index contributed by atoms with van der Waals surface area (Å²) in [7, 11) is 1.73. The SMILES string of the molecule is CCC(C)NC(=O)c1cccc(CNC(=NC)NCC2(CCO)CCOC2)c1. The Hall–Kier alpha value is -2.12. The number of aliphatic imine (C=N–C) groups is 1. The summed E-state index contributed by atoms with van der Waals surface area (Å²) in [6, 6.07) is 7.76. The third-order valence-electron chi connectivity index (χ3n) is 5.32. The van der Waals surface area contributed by atoms with Gasteiger partial charge in [0.1, 0.15) is 0 Å². The van der Waals surface area contributed by atoms with Crippen LogP contribution in [0.1, 0.15) is 49.0 Å². The highest BCUT2D eigenvalue weighted by Crippen LogP contribution is 2.31. The molecule has 0 radical (unpaired) electrons. The maximum Gasteiger partial charge on any atom is 0.251 e. The summed E-state index contributed by atoms with van der Waals surface area (Å²) in [5.41, 5.74) is 1.63. The standard InChI is InChI=1S/C21H34N4O3/c1-4-16(2)25-19(27)18-7-5-6-17(12-18)13-23-20(22-3)24-14-21(8-10-26)9-11-28-15-21/h5-7,12,16,26H,4,8-11,13-15H2,1-3H3,(H,25,27)(H2,22,23,24). The van der Waals surface area contributed by atoms with Crippen molar-refractivity contribution in [2.24, 2.45) is 10.4 Å². The molecule has 1 heterocycles. The number of aliphatic hydroxyl groups excluding tert-OH is 1. The molecular formula is C21H34N4O3.